The number of benzene rings is 3. The summed E-state index contributed by atoms with van der Waals surface area (Å²) in [4.78, 5) is 78.1. The molecular weight excluding hydrogens is 843 g/mol. The number of carbonyl (C=O) groups is 5. The van der Waals surface area contributed by atoms with Gasteiger partial charge in [-0.1, -0.05) is 57.4 Å². The molecule has 4 aromatic rings. The molecular formula is C50H63N7O9. The van der Waals surface area contributed by atoms with Gasteiger partial charge in [-0.05, 0) is 140 Å². The van der Waals surface area contributed by atoms with Gasteiger partial charge in [-0.15, -0.1) is 0 Å². The number of nitrogens with zero attached hydrogens (tertiary/aromatic N) is 3. The Balaban J connectivity index is 1.63. The Morgan fingerprint density at radius 1 is 0.591 bits per heavy atom. The molecule has 66 heavy (non-hydrogen) atoms. The maximum Gasteiger partial charge on any atom is 0.346 e. The van der Waals surface area contributed by atoms with E-state index in [2.05, 4.69) is 50.1 Å². The van der Waals surface area contributed by atoms with Gasteiger partial charge in [-0.3, -0.25) is 4.79 Å². The molecule has 0 aliphatic heterocycles. The second-order valence-corrected chi connectivity index (χ2v) is 17.3. The summed E-state index contributed by atoms with van der Waals surface area (Å²) < 4.78 is 21.4. The molecule has 0 fully saturated rings. The number of amides is 1. The first-order chi connectivity index (χ1) is 31.3. The van der Waals surface area contributed by atoms with Crippen molar-refractivity contribution in [1.29, 1.82) is 0 Å². The molecule has 0 saturated heterocycles. The van der Waals surface area contributed by atoms with Crippen LogP contribution in [-0.2, 0) is 38.1 Å². The van der Waals surface area contributed by atoms with Crippen molar-refractivity contribution in [3.63, 3.8) is 0 Å². The van der Waals surface area contributed by atoms with Crippen LogP contribution >= 0.6 is 0 Å². The predicted molar refractivity (Wildman–Crippen MR) is 256 cm³/mol. The number of unbranched alkanes of at least 4 members (excludes halogenated alkanes) is 1. The molecule has 16 nitrogen and oxygen atoms in total. The summed E-state index contributed by atoms with van der Waals surface area (Å²) in [7, 11) is 0. The second-order valence-electron chi connectivity index (χ2n) is 17.3. The maximum atomic E-state index is 13.0. The van der Waals surface area contributed by atoms with Crippen LogP contribution in [0.3, 0.4) is 0 Å². The SMILES string of the molecule is CCCCC(CC)COC(=O)c1ccc(Nc2nc(Nc3ccc(C=C(C(=O)NC(C)(C)C)C(=O)OCC)cc3)nc(Nc3ccc(C=C(C(=O)OCC)C(=O)OC(C)(C)C)cc3)n2)cc1. The van der Waals surface area contributed by atoms with Crippen LogP contribution in [0.1, 0.15) is 116 Å². The van der Waals surface area contributed by atoms with Crippen LogP contribution in [0.2, 0.25) is 0 Å². The fourth-order valence-corrected chi connectivity index (χ4v) is 6.03. The van der Waals surface area contributed by atoms with Crippen LogP contribution in [0.15, 0.2) is 83.9 Å². The molecule has 0 saturated carbocycles. The fraction of sp³-hybridized carbons (Fsp3) is 0.400. The summed E-state index contributed by atoms with van der Waals surface area (Å²) in [5.41, 5.74) is 1.46. The Morgan fingerprint density at radius 3 is 1.44 bits per heavy atom. The number of esters is 4. The number of anilines is 6. The Bertz CT molecular complexity index is 2220. The number of carbonyl (C=O) groups excluding carboxylic acids is 5. The molecule has 1 unspecified atom stereocenters. The summed E-state index contributed by atoms with van der Waals surface area (Å²) in [5, 5.41) is 12.4. The minimum atomic E-state index is -0.826. The molecule has 1 aromatic heterocycles. The maximum absolute atomic E-state index is 13.0. The van der Waals surface area contributed by atoms with E-state index in [0.29, 0.717) is 46.3 Å². The van der Waals surface area contributed by atoms with Crippen molar-refractivity contribution in [3.8, 4) is 0 Å². The van der Waals surface area contributed by atoms with E-state index >= 15 is 0 Å². The minimum Gasteiger partial charge on any atom is -0.462 e. The summed E-state index contributed by atoms with van der Waals surface area (Å²) in [6, 6.07) is 20.5. The van der Waals surface area contributed by atoms with Crippen molar-refractivity contribution in [2.75, 3.05) is 35.8 Å². The highest BCUT2D eigenvalue weighted by Crippen LogP contribution is 2.24. The molecule has 0 aliphatic carbocycles. The standard InChI is InChI=1S/C50H63N7O9/c1-11-15-16-32(12-2)31-65-42(59)35-21-27-38(28-22-35)53-48-55-46(51-36-23-17-33(18-24-36)29-39(43(60)63-13-3)41(58)57-49(5,6)7)54-47(56-48)52-37-25-19-34(20-26-37)30-40(44(61)64-14-4)45(62)66-50(8,9)10/h17-30,32H,11-16,31H2,1-10H3,(H,57,58)(H3,51,52,53,54,55,56). The molecule has 0 bridgehead atoms. The molecule has 4 N–H and O–H groups in total. The molecule has 1 heterocycles. The predicted octanol–water partition coefficient (Wildman–Crippen LogP) is 9.62. The molecule has 1 atom stereocenters. The monoisotopic (exact) mass is 905 g/mol. The summed E-state index contributed by atoms with van der Waals surface area (Å²) >= 11 is 0. The summed E-state index contributed by atoms with van der Waals surface area (Å²) in [6.45, 7) is 18.7. The Hall–Kier alpha value is -7.10. The number of ether oxygens (including phenoxy) is 4. The van der Waals surface area contributed by atoms with Gasteiger partial charge in [0.15, 0.2) is 0 Å². The van der Waals surface area contributed by atoms with Gasteiger partial charge in [0.25, 0.3) is 5.91 Å². The lowest BCUT2D eigenvalue weighted by molar-refractivity contribution is -0.154. The van der Waals surface area contributed by atoms with Gasteiger partial charge < -0.3 is 40.2 Å². The van der Waals surface area contributed by atoms with Crippen LogP contribution in [0, 0.1) is 5.92 Å². The van der Waals surface area contributed by atoms with Gasteiger partial charge in [-0.25, -0.2) is 19.2 Å². The van der Waals surface area contributed by atoms with Crippen molar-refractivity contribution in [3.05, 3.63) is 101 Å². The zero-order chi connectivity index (χ0) is 48.4. The highest BCUT2D eigenvalue weighted by molar-refractivity contribution is 6.20. The van der Waals surface area contributed by atoms with Crippen LogP contribution in [0.4, 0.5) is 34.9 Å². The molecule has 4 rings (SSSR count). The van der Waals surface area contributed by atoms with Gasteiger partial charge in [0.05, 0.1) is 25.4 Å². The molecule has 0 spiro atoms. The highest BCUT2D eigenvalue weighted by atomic mass is 16.6. The second kappa shape index (κ2) is 24.3. The van der Waals surface area contributed by atoms with Crippen LogP contribution in [0.25, 0.3) is 12.2 Å². The largest absolute Gasteiger partial charge is 0.462 e. The van der Waals surface area contributed by atoms with Crippen molar-refractivity contribution < 1.29 is 42.9 Å². The minimum absolute atomic E-state index is 0.0820. The molecule has 16 heteroatoms. The lowest BCUT2D eigenvalue weighted by atomic mass is 10.0. The number of nitrogens with one attached hydrogen (secondary N) is 4. The van der Waals surface area contributed by atoms with Gasteiger partial charge in [0.1, 0.15) is 16.7 Å². The van der Waals surface area contributed by atoms with Crippen molar-refractivity contribution >= 4 is 76.8 Å². The van der Waals surface area contributed by atoms with Gasteiger partial charge in [-0.2, -0.15) is 15.0 Å². The Labute approximate surface area is 387 Å². The number of hydrogen-bond donors (Lipinski definition) is 4. The number of rotatable bonds is 21. The average molecular weight is 906 g/mol. The summed E-state index contributed by atoms with van der Waals surface area (Å²) in [6.07, 6.45) is 6.99. The first-order valence-corrected chi connectivity index (χ1v) is 22.2. The Morgan fingerprint density at radius 2 is 1.03 bits per heavy atom. The van der Waals surface area contributed by atoms with Gasteiger partial charge in [0.2, 0.25) is 17.8 Å². The van der Waals surface area contributed by atoms with E-state index < -0.39 is 40.9 Å². The van der Waals surface area contributed by atoms with Crippen LogP contribution < -0.4 is 21.3 Å². The first kappa shape index (κ1) is 51.5. The molecule has 3 aromatic carbocycles. The molecule has 352 valence electrons. The van der Waals surface area contributed by atoms with Gasteiger partial charge in [0, 0.05) is 22.6 Å². The van der Waals surface area contributed by atoms with E-state index in [4.69, 9.17) is 18.9 Å². The van der Waals surface area contributed by atoms with E-state index in [1.165, 1.54) is 12.2 Å². The lowest BCUT2D eigenvalue weighted by Crippen LogP contribution is -2.42. The van der Waals surface area contributed by atoms with Crippen LogP contribution in [0.5, 0.6) is 0 Å². The third kappa shape index (κ3) is 17.1. The molecule has 0 aliphatic rings. The van der Waals surface area contributed by atoms with Crippen molar-refractivity contribution in [2.24, 2.45) is 5.92 Å². The zero-order valence-electron chi connectivity index (χ0n) is 39.6. The topological polar surface area (TPSA) is 209 Å². The van der Waals surface area contributed by atoms with Gasteiger partial charge >= 0.3 is 23.9 Å². The number of hydrogen-bond acceptors (Lipinski definition) is 15. The zero-order valence-corrected chi connectivity index (χ0v) is 39.6. The summed E-state index contributed by atoms with van der Waals surface area (Å²) in [5.74, 6) is -2.52. The smallest absolute Gasteiger partial charge is 0.346 e. The van der Waals surface area contributed by atoms with Crippen LogP contribution in [-0.4, -0.2) is 75.7 Å². The highest BCUT2D eigenvalue weighted by Gasteiger charge is 2.27. The third-order valence-electron chi connectivity index (χ3n) is 9.30. The van der Waals surface area contributed by atoms with E-state index in [0.717, 1.165) is 25.7 Å². The normalized spacial score (nSPS) is 12.3. The average Bonchev–Trinajstić information content (AvgIpc) is 3.25. The lowest BCUT2D eigenvalue weighted by Gasteiger charge is -2.21. The van der Waals surface area contributed by atoms with E-state index in [1.807, 2.05) is 20.8 Å². The van der Waals surface area contributed by atoms with Crippen molar-refractivity contribution in [1.82, 2.24) is 20.3 Å². The number of aromatic nitrogens is 3. The molecule has 1 amide bonds. The fourth-order valence-electron chi connectivity index (χ4n) is 6.03. The Kier molecular flexibility index (Phi) is 18.9. The first-order valence-electron chi connectivity index (χ1n) is 22.2. The third-order valence-corrected chi connectivity index (χ3v) is 9.30. The van der Waals surface area contributed by atoms with E-state index in [9.17, 15) is 24.0 Å². The van der Waals surface area contributed by atoms with E-state index in [1.54, 1.807) is 107 Å². The van der Waals surface area contributed by atoms with Crippen molar-refractivity contribution in [2.45, 2.75) is 106 Å². The van der Waals surface area contributed by atoms with E-state index in [-0.39, 0.29) is 42.2 Å². The quantitative estimate of drug-likeness (QED) is 0.0202. The molecule has 0 radical (unpaired) electrons.